The molecular weight excluding hydrogens is 276 g/mol. The zero-order chi connectivity index (χ0) is 14.3. The standard InChI is InChI=1S/C14H18N2O3S/c15-20(18,19)10-6-4-9(5-7-10)8-16-14(17)13-11-2-1-3-12(11)13/h4-7,11-13H,1-3,8H2,(H,16,17)(H2,15,18,19). The zero-order valence-corrected chi connectivity index (χ0v) is 11.9. The van der Waals surface area contributed by atoms with E-state index in [1.54, 1.807) is 12.1 Å². The lowest BCUT2D eigenvalue weighted by Gasteiger charge is -2.07. The molecule has 1 aromatic carbocycles. The normalized spacial score (nSPS) is 27.9. The van der Waals surface area contributed by atoms with Gasteiger partial charge in [0.25, 0.3) is 0 Å². The van der Waals surface area contributed by atoms with Crippen LogP contribution in [-0.4, -0.2) is 14.3 Å². The fourth-order valence-corrected chi connectivity index (χ4v) is 3.83. The second-order valence-electron chi connectivity index (χ2n) is 5.69. The van der Waals surface area contributed by atoms with E-state index in [1.807, 2.05) is 0 Å². The lowest BCUT2D eigenvalue weighted by molar-refractivity contribution is -0.123. The maximum atomic E-state index is 12.0. The summed E-state index contributed by atoms with van der Waals surface area (Å²) in [5.74, 6) is 1.57. The highest BCUT2D eigenvalue weighted by atomic mass is 32.2. The van der Waals surface area contributed by atoms with Crippen molar-refractivity contribution in [2.24, 2.45) is 22.9 Å². The van der Waals surface area contributed by atoms with Crippen molar-refractivity contribution in [3.63, 3.8) is 0 Å². The monoisotopic (exact) mass is 294 g/mol. The summed E-state index contributed by atoms with van der Waals surface area (Å²) in [4.78, 5) is 12.1. The van der Waals surface area contributed by atoms with Gasteiger partial charge in [0.15, 0.2) is 0 Å². The van der Waals surface area contributed by atoms with Crippen molar-refractivity contribution in [3.05, 3.63) is 29.8 Å². The van der Waals surface area contributed by atoms with E-state index in [9.17, 15) is 13.2 Å². The largest absolute Gasteiger partial charge is 0.352 e. The van der Waals surface area contributed by atoms with E-state index >= 15 is 0 Å². The Labute approximate surface area is 118 Å². The van der Waals surface area contributed by atoms with Crippen LogP contribution < -0.4 is 10.5 Å². The summed E-state index contributed by atoms with van der Waals surface area (Å²) in [7, 11) is -3.65. The Bertz CT molecular complexity index is 614. The maximum Gasteiger partial charge on any atom is 0.238 e. The van der Waals surface area contributed by atoms with Crippen LogP contribution in [0.2, 0.25) is 0 Å². The number of amides is 1. The van der Waals surface area contributed by atoms with E-state index in [4.69, 9.17) is 5.14 Å². The molecule has 20 heavy (non-hydrogen) atoms. The third-order valence-corrected chi connectivity index (χ3v) is 5.36. The smallest absolute Gasteiger partial charge is 0.238 e. The molecule has 2 unspecified atom stereocenters. The first-order valence-electron chi connectivity index (χ1n) is 6.86. The van der Waals surface area contributed by atoms with Gasteiger partial charge in [-0.2, -0.15) is 0 Å². The highest BCUT2D eigenvalue weighted by molar-refractivity contribution is 7.89. The third kappa shape index (κ3) is 2.58. The highest BCUT2D eigenvalue weighted by Gasteiger charge is 2.56. The molecule has 2 saturated carbocycles. The number of nitrogens with two attached hydrogens (primary N) is 1. The predicted molar refractivity (Wildman–Crippen MR) is 74.0 cm³/mol. The van der Waals surface area contributed by atoms with Crippen molar-refractivity contribution >= 4 is 15.9 Å². The van der Waals surface area contributed by atoms with Gasteiger partial charge in [-0.15, -0.1) is 0 Å². The topological polar surface area (TPSA) is 89.3 Å². The molecule has 5 nitrogen and oxygen atoms in total. The lowest BCUT2D eigenvalue weighted by atomic mass is 10.1. The molecule has 0 aliphatic heterocycles. The molecule has 0 radical (unpaired) electrons. The molecule has 6 heteroatoms. The number of hydrogen-bond acceptors (Lipinski definition) is 3. The van der Waals surface area contributed by atoms with E-state index in [2.05, 4.69) is 5.32 Å². The van der Waals surface area contributed by atoms with Gasteiger partial charge in [-0.1, -0.05) is 18.6 Å². The molecular formula is C14H18N2O3S. The average Bonchev–Trinajstić information content (AvgIpc) is 2.89. The van der Waals surface area contributed by atoms with Crippen LogP contribution in [0.5, 0.6) is 0 Å². The molecule has 2 fully saturated rings. The summed E-state index contributed by atoms with van der Waals surface area (Å²) in [6.07, 6.45) is 3.63. The molecule has 2 aliphatic rings. The molecule has 2 atom stereocenters. The molecule has 1 aromatic rings. The van der Waals surface area contributed by atoms with E-state index in [0.29, 0.717) is 18.4 Å². The molecule has 3 rings (SSSR count). The molecule has 0 saturated heterocycles. The van der Waals surface area contributed by atoms with Crippen molar-refractivity contribution in [2.45, 2.75) is 30.7 Å². The summed E-state index contributed by atoms with van der Waals surface area (Å²) in [5.41, 5.74) is 0.872. The number of sulfonamides is 1. The molecule has 0 heterocycles. The number of fused-ring (bicyclic) bond motifs is 1. The van der Waals surface area contributed by atoms with Gasteiger partial charge in [0.05, 0.1) is 4.90 Å². The van der Waals surface area contributed by atoms with Gasteiger partial charge in [0, 0.05) is 12.5 Å². The van der Waals surface area contributed by atoms with Crippen LogP contribution in [0.4, 0.5) is 0 Å². The Morgan fingerprint density at radius 2 is 1.80 bits per heavy atom. The summed E-state index contributed by atoms with van der Waals surface area (Å²) in [6.45, 7) is 0.430. The van der Waals surface area contributed by atoms with Crippen LogP contribution in [0.25, 0.3) is 0 Å². The second-order valence-corrected chi connectivity index (χ2v) is 7.25. The van der Waals surface area contributed by atoms with Crippen molar-refractivity contribution in [1.82, 2.24) is 5.32 Å². The SMILES string of the molecule is NS(=O)(=O)c1ccc(CNC(=O)C2C3CCCC32)cc1. The number of hydrogen-bond donors (Lipinski definition) is 2. The quantitative estimate of drug-likeness (QED) is 0.868. The van der Waals surface area contributed by atoms with Gasteiger partial charge in [0.1, 0.15) is 0 Å². The Kier molecular flexibility index (Phi) is 3.30. The Balaban J connectivity index is 1.55. The minimum atomic E-state index is -3.65. The van der Waals surface area contributed by atoms with Gasteiger partial charge < -0.3 is 5.32 Å². The van der Waals surface area contributed by atoms with Crippen LogP contribution >= 0.6 is 0 Å². The average molecular weight is 294 g/mol. The number of rotatable bonds is 4. The summed E-state index contributed by atoms with van der Waals surface area (Å²) in [5, 5.41) is 7.96. The number of carbonyl (C=O) groups is 1. The second kappa shape index (κ2) is 4.86. The molecule has 0 spiro atoms. The fraction of sp³-hybridized carbons (Fsp3) is 0.500. The van der Waals surface area contributed by atoms with Crippen LogP contribution in [-0.2, 0) is 21.4 Å². The molecule has 1 amide bonds. The summed E-state index contributed by atoms with van der Waals surface area (Å²) in [6, 6.07) is 6.27. The van der Waals surface area contributed by atoms with E-state index < -0.39 is 10.0 Å². The van der Waals surface area contributed by atoms with Crippen molar-refractivity contribution in [3.8, 4) is 0 Å². The van der Waals surface area contributed by atoms with Crippen molar-refractivity contribution in [2.75, 3.05) is 0 Å². The van der Waals surface area contributed by atoms with Crippen LogP contribution in [0.1, 0.15) is 24.8 Å². The first-order valence-corrected chi connectivity index (χ1v) is 8.41. The number of carbonyl (C=O) groups excluding carboxylic acids is 1. The molecule has 108 valence electrons. The molecule has 2 aliphatic carbocycles. The molecule has 3 N–H and O–H groups in total. The number of nitrogens with one attached hydrogen (secondary N) is 1. The maximum absolute atomic E-state index is 12.0. The Morgan fingerprint density at radius 3 is 2.35 bits per heavy atom. The first kappa shape index (κ1) is 13.6. The summed E-state index contributed by atoms with van der Waals surface area (Å²) < 4.78 is 22.3. The third-order valence-electron chi connectivity index (χ3n) is 4.43. The van der Waals surface area contributed by atoms with Gasteiger partial charge in [-0.3, -0.25) is 4.79 Å². The van der Waals surface area contributed by atoms with E-state index in [0.717, 1.165) is 5.56 Å². The predicted octanol–water partition coefficient (Wildman–Crippen LogP) is 0.996. The van der Waals surface area contributed by atoms with E-state index in [-0.39, 0.29) is 16.7 Å². The Morgan fingerprint density at radius 1 is 1.20 bits per heavy atom. The highest BCUT2D eigenvalue weighted by Crippen LogP contribution is 2.57. The first-order chi connectivity index (χ1) is 9.47. The van der Waals surface area contributed by atoms with E-state index in [1.165, 1.54) is 31.4 Å². The fourth-order valence-electron chi connectivity index (χ4n) is 3.31. The van der Waals surface area contributed by atoms with Gasteiger partial charge in [0.2, 0.25) is 15.9 Å². The lowest BCUT2D eigenvalue weighted by Crippen LogP contribution is -2.26. The van der Waals surface area contributed by atoms with Gasteiger partial charge in [-0.05, 0) is 42.4 Å². The minimum Gasteiger partial charge on any atom is -0.352 e. The number of primary sulfonamides is 1. The van der Waals surface area contributed by atoms with Gasteiger partial charge in [-0.25, -0.2) is 13.6 Å². The van der Waals surface area contributed by atoms with Crippen molar-refractivity contribution < 1.29 is 13.2 Å². The van der Waals surface area contributed by atoms with Crippen molar-refractivity contribution in [1.29, 1.82) is 0 Å². The van der Waals surface area contributed by atoms with Gasteiger partial charge >= 0.3 is 0 Å². The van der Waals surface area contributed by atoms with Crippen LogP contribution in [0.3, 0.4) is 0 Å². The summed E-state index contributed by atoms with van der Waals surface area (Å²) >= 11 is 0. The Hall–Kier alpha value is -1.40. The zero-order valence-electron chi connectivity index (χ0n) is 11.1. The molecule has 0 bridgehead atoms. The molecule has 0 aromatic heterocycles. The van der Waals surface area contributed by atoms with Crippen LogP contribution in [0.15, 0.2) is 29.2 Å². The van der Waals surface area contributed by atoms with Crippen LogP contribution in [0, 0.1) is 17.8 Å². The number of benzene rings is 1. The minimum absolute atomic E-state index is 0.0873.